The quantitative estimate of drug-likeness (QED) is 0.885. The maximum Gasteiger partial charge on any atom is 0.346 e. The molecule has 1 N–H and O–H groups in total. The van der Waals surface area contributed by atoms with Gasteiger partial charge < -0.3 is 24.2 Å². The molecule has 7 nitrogen and oxygen atoms in total. The summed E-state index contributed by atoms with van der Waals surface area (Å²) in [4.78, 5) is 25.8. The number of para-hydroxylation sites is 2. The fraction of sp³-hybridized carbons (Fsp3) is 0.263. The van der Waals surface area contributed by atoms with Gasteiger partial charge in [0.15, 0.2) is 11.5 Å². The van der Waals surface area contributed by atoms with Gasteiger partial charge in [0.2, 0.25) is 6.10 Å². The van der Waals surface area contributed by atoms with E-state index < -0.39 is 12.1 Å². The van der Waals surface area contributed by atoms with Gasteiger partial charge in [-0.1, -0.05) is 12.1 Å². The summed E-state index contributed by atoms with van der Waals surface area (Å²) in [6.45, 7) is 2.25. The molecule has 1 amide bonds. The van der Waals surface area contributed by atoms with Crippen LogP contribution in [0.1, 0.15) is 17.3 Å². The second-order valence-corrected chi connectivity index (χ2v) is 5.63. The van der Waals surface area contributed by atoms with E-state index >= 15 is 0 Å². The van der Waals surface area contributed by atoms with Crippen LogP contribution in [-0.2, 0) is 4.79 Å². The molecule has 0 bridgehead atoms. The molecular weight excluding hydrogens is 338 g/mol. The number of carboxylic acid groups (broad SMARTS) is 1. The number of ether oxygens (including phenoxy) is 3. The molecule has 1 heterocycles. The van der Waals surface area contributed by atoms with Crippen LogP contribution in [0.4, 0.5) is 5.69 Å². The number of rotatable bonds is 5. The Bertz CT molecular complexity index is 835. The molecule has 0 saturated carbocycles. The maximum absolute atomic E-state index is 13.0. The number of nitrogens with zero attached hydrogens (tertiary/aromatic N) is 1. The Morgan fingerprint density at radius 3 is 2.69 bits per heavy atom. The van der Waals surface area contributed by atoms with E-state index in [0.29, 0.717) is 35.1 Å². The number of methoxy groups -OCH3 is 1. The lowest BCUT2D eigenvalue weighted by molar-refractivity contribution is -0.144. The first-order valence-electron chi connectivity index (χ1n) is 8.16. The van der Waals surface area contributed by atoms with Gasteiger partial charge in [0, 0.05) is 5.56 Å². The molecule has 26 heavy (non-hydrogen) atoms. The predicted molar refractivity (Wildman–Crippen MR) is 94.3 cm³/mol. The van der Waals surface area contributed by atoms with Gasteiger partial charge in [-0.3, -0.25) is 4.79 Å². The Kier molecular flexibility index (Phi) is 4.97. The number of fused-ring (bicyclic) bond motifs is 1. The highest BCUT2D eigenvalue weighted by Crippen LogP contribution is 2.35. The van der Waals surface area contributed by atoms with Crippen molar-refractivity contribution in [3.05, 3.63) is 48.0 Å². The topological polar surface area (TPSA) is 85.3 Å². The van der Waals surface area contributed by atoms with Crippen molar-refractivity contribution in [1.82, 2.24) is 0 Å². The summed E-state index contributed by atoms with van der Waals surface area (Å²) in [7, 11) is 1.50. The minimum Gasteiger partial charge on any atom is -0.493 e. The highest BCUT2D eigenvalue weighted by atomic mass is 16.5. The third kappa shape index (κ3) is 3.28. The fourth-order valence-electron chi connectivity index (χ4n) is 2.79. The van der Waals surface area contributed by atoms with Crippen LogP contribution in [0.15, 0.2) is 42.5 Å². The van der Waals surface area contributed by atoms with Gasteiger partial charge in [0.1, 0.15) is 5.75 Å². The molecule has 0 saturated heterocycles. The van der Waals surface area contributed by atoms with Gasteiger partial charge in [0.05, 0.1) is 25.9 Å². The van der Waals surface area contributed by atoms with Crippen molar-refractivity contribution in [2.45, 2.75) is 13.0 Å². The first-order valence-corrected chi connectivity index (χ1v) is 8.16. The van der Waals surface area contributed by atoms with Crippen LogP contribution in [0.2, 0.25) is 0 Å². The van der Waals surface area contributed by atoms with Crippen molar-refractivity contribution in [2.24, 2.45) is 0 Å². The molecule has 2 aromatic carbocycles. The van der Waals surface area contributed by atoms with Crippen LogP contribution in [0.5, 0.6) is 17.2 Å². The average Bonchev–Trinajstić information content (AvgIpc) is 2.67. The van der Waals surface area contributed by atoms with E-state index in [1.807, 2.05) is 6.92 Å². The van der Waals surface area contributed by atoms with Gasteiger partial charge in [-0.05, 0) is 37.3 Å². The van der Waals surface area contributed by atoms with E-state index in [9.17, 15) is 14.7 Å². The number of anilines is 1. The maximum atomic E-state index is 13.0. The number of aliphatic carboxylic acids is 1. The highest BCUT2D eigenvalue weighted by molar-refractivity contribution is 6.08. The third-order valence-electron chi connectivity index (χ3n) is 4.00. The third-order valence-corrected chi connectivity index (χ3v) is 4.00. The number of carbonyl (C=O) groups excluding carboxylic acids is 1. The van der Waals surface area contributed by atoms with E-state index in [1.54, 1.807) is 42.5 Å². The molecule has 7 heteroatoms. The van der Waals surface area contributed by atoms with Crippen molar-refractivity contribution in [1.29, 1.82) is 0 Å². The van der Waals surface area contributed by atoms with Gasteiger partial charge >= 0.3 is 5.97 Å². The molecule has 1 atom stereocenters. The molecule has 0 aromatic heterocycles. The molecule has 1 aliphatic heterocycles. The number of amides is 1. The Balaban J connectivity index is 1.97. The lowest BCUT2D eigenvalue weighted by Crippen LogP contribution is -2.47. The SMILES string of the molecule is CCOc1ccc(C(=O)N2CC(C(=O)O)Oc3ccccc32)cc1OC. The number of carbonyl (C=O) groups is 2. The van der Waals surface area contributed by atoms with Gasteiger partial charge in [-0.25, -0.2) is 4.79 Å². The van der Waals surface area contributed by atoms with E-state index in [0.717, 1.165) is 0 Å². The van der Waals surface area contributed by atoms with Crippen LogP contribution >= 0.6 is 0 Å². The molecule has 0 radical (unpaired) electrons. The van der Waals surface area contributed by atoms with Gasteiger partial charge in [0.25, 0.3) is 5.91 Å². The van der Waals surface area contributed by atoms with E-state index in [1.165, 1.54) is 12.0 Å². The molecule has 2 aromatic rings. The minimum absolute atomic E-state index is 0.0826. The van der Waals surface area contributed by atoms with Crippen molar-refractivity contribution < 1.29 is 28.9 Å². The number of hydrogen-bond donors (Lipinski definition) is 1. The van der Waals surface area contributed by atoms with Gasteiger partial charge in [-0.15, -0.1) is 0 Å². The summed E-state index contributed by atoms with van der Waals surface area (Å²) >= 11 is 0. The lowest BCUT2D eigenvalue weighted by atomic mass is 10.1. The zero-order valence-electron chi connectivity index (χ0n) is 14.5. The first-order chi connectivity index (χ1) is 12.5. The summed E-state index contributed by atoms with van der Waals surface area (Å²) in [6, 6.07) is 11.7. The highest BCUT2D eigenvalue weighted by Gasteiger charge is 2.34. The number of hydrogen-bond acceptors (Lipinski definition) is 5. The molecule has 0 aliphatic carbocycles. The van der Waals surface area contributed by atoms with Crippen LogP contribution in [-0.4, -0.2) is 43.3 Å². The Hall–Kier alpha value is -3.22. The molecular formula is C19H19NO6. The van der Waals surface area contributed by atoms with E-state index in [4.69, 9.17) is 14.2 Å². The molecule has 1 unspecified atom stereocenters. The zero-order valence-corrected chi connectivity index (χ0v) is 14.5. The smallest absolute Gasteiger partial charge is 0.346 e. The van der Waals surface area contributed by atoms with Crippen LogP contribution in [0, 0.1) is 0 Å². The summed E-state index contributed by atoms with van der Waals surface area (Å²) in [5.74, 6) is -0.126. The molecule has 0 spiro atoms. The lowest BCUT2D eigenvalue weighted by Gasteiger charge is -2.33. The molecule has 0 fully saturated rings. The molecule has 1 aliphatic rings. The minimum atomic E-state index is -1.13. The summed E-state index contributed by atoms with van der Waals surface area (Å²) < 4.78 is 16.2. The summed E-state index contributed by atoms with van der Waals surface area (Å²) in [5, 5.41) is 9.31. The van der Waals surface area contributed by atoms with Crippen LogP contribution in [0.3, 0.4) is 0 Å². The van der Waals surface area contributed by atoms with E-state index in [2.05, 4.69) is 0 Å². The van der Waals surface area contributed by atoms with E-state index in [-0.39, 0.29) is 12.5 Å². The van der Waals surface area contributed by atoms with Crippen molar-refractivity contribution in [2.75, 3.05) is 25.2 Å². The number of benzene rings is 2. The first kappa shape index (κ1) is 17.6. The van der Waals surface area contributed by atoms with Crippen molar-refractivity contribution in [3.8, 4) is 17.2 Å². The second-order valence-electron chi connectivity index (χ2n) is 5.63. The Morgan fingerprint density at radius 2 is 2.00 bits per heavy atom. The monoisotopic (exact) mass is 357 g/mol. The van der Waals surface area contributed by atoms with Crippen LogP contribution < -0.4 is 19.1 Å². The molecule has 3 rings (SSSR count). The Morgan fingerprint density at radius 1 is 1.23 bits per heavy atom. The van der Waals surface area contributed by atoms with Gasteiger partial charge in [-0.2, -0.15) is 0 Å². The van der Waals surface area contributed by atoms with Crippen molar-refractivity contribution >= 4 is 17.6 Å². The number of carboxylic acids is 1. The van der Waals surface area contributed by atoms with Crippen LogP contribution in [0.25, 0.3) is 0 Å². The Labute approximate surface area is 150 Å². The standard InChI is InChI=1S/C19H19NO6/c1-3-25-15-9-8-12(10-16(15)24-2)18(21)20-11-17(19(22)23)26-14-7-5-4-6-13(14)20/h4-10,17H,3,11H2,1-2H3,(H,22,23). The fourth-order valence-corrected chi connectivity index (χ4v) is 2.79. The predicted octanol–water partition coefficient (Wildman–Crippen LogP) is 2.59. The molecule has 136 valence electrons. The normalized spacial score (nSPS) is 15.6. The second kappa shape index (κ2) is 7.35. The zero-order chi connectivity index (χ0) is 18.7. The summed E-state index contributed by atoms with van der Waals surface area (Å²) in [6.07, 6.45) is -1.13. The summed E-state index contributed by atoms with van der Waals surface area (Å²) in [5.41, 5.74) is 0.897. The largest absolute Gasteiger partial charge is 0.493 e. The van der Waals surface area contributed by atoms with Crippen molar-refractivity contribution in [3.63, 3.8) is 0 Å². The average molecular weight is 357 g/mol.